The van der Waals surface area contributed by atoms with E-state index in [4.69, 9.17) is 27.6 Å². The SMILES string of the molecule is O=C(NC1CC1)c1ccc(CN(Cc2ccc(Cl)c(Cl)c2)Cc2ccco2)cc1. The van der Waals surface area contributed by atoms with E-state index in [1.54, 1.807) is 6.26 Å². The molecule has 0 atom stereocenters. The first-order chi connectivity index (χ1) is 14.1. The summed E-state index contributed by atoms with van der Waals surface area (Å²) in [6.07, 6.45) is 3.85. The molecule has 1 aromatic heterocycles. The van der Waals surface area contributed by atoms with Gasteiger partial charge in [-0.1, -0.05) is 41.4 Å². The van der Waals surface area contributed by atoms with Gasteiger partial charge >= 0.3 is 0 Å². The second-order valence-corrected chi connectivity index (χ2v) is 8.23. The first-order valence-corrected chi connectivity index (χ1v) is 10.4. The third kappa shape index (κ3) is 5.63. The minimum atomic E-state index is 0.00213. The van der Waals surface area contributed by atoms with Crippen LogP contribution in [0.25, 0.3) is 0 Å². The van der Waals surface area contributed by atoms with Gasteiger partial charge in [0.1, 0.15) is 5.76 Å². The minimum Gasteiger partial charge on any atom is -0.468 e. The summed E-state index contributed by atoms with van der Waals surface area (Å²) in [5.74, 6) is 0.896. The number of rotatable bonds is 8. The van der Waals surface area contributed by atoms with Gasteiger partial charge in [0.15, 0.2) is 0 Å². The Morgan fingerprint density at radius 1 is 0.966 bits per heavy atom. The highest BCUT2D eigenvalue weighted by Gasteiger charge is 2.23. The predicted molar refractivity (Wildman–Crippen MR) is 115 cm³/mol. The molecule has 0 bridgehead atoms. The van der Waals surface area contributed by atoms with Crippen LogP contribution in [-0.4, -0.2) is 16.8 Å². The molecule has 2 aromatic carbocycles. The van der Waals surface area contributed by atoms with E-state index >= 15 is 0 Å². The maximum Gasteiger partial charge on any atom is 0.251 e. The van der Waals surface area contributed by atoms with Gasteiger partial charge in [-0.3, -0.25) is 9.69 Å². The average molecular weight is 429 g/mol. The monoisotopic (exact) mass is 428 g/mol. The second-order valence-electron chi connectivity index (χ2n) is 7.42. The molecule has 3 aromatic rings. The number of benzene rings is 2. The van der Waals surface area contributed by atoms with Crippen molar-refractivity contribution in [2.45, 2.75) is 38.5 Å². The van der Waals surface area contributed by atoms with Crippen LogP contribution in [-0.2, 0) is 19.6 Å². The third-order valence-electron chi connectivity index (χ3n) is 4.88. The van der Waals surface area contributed by atoms with Crippen LogP contribution < -0.4 is 5.32 Å². The number of halogens is 2. The largest absolute Gasteiger partial charge is 0.468 e. The lowest BCUT2D eigenvalue weighted by molar-refractivity contribution is 0.0951. The summed E-state index contributed by atoms with van der Waals surface area (Å²) in [5.41, 5.74) is 2.90. The number of nitrogens with one attached hydrogen (secondary N) is 1. The van der Waals surface area contributed by atoms with Crippen LogP contribution >= 0.6 is 23.2 Å². The van der Waals surface area contributed by atoms with Crippen LogP contribution in [0.2, 0.25) is 10.0 Å². The van der Waals surface area contributed by atoms with Crippen molar-refractivity contribution in [1.82, 2.24) is 10.2 Å². The molecule has 1 N–H and O–H groups in total. The molecular formula is C23H22Cl2N2O2. The average Bonchev–Trinajstić information content (AvgIpc) is 3.37. The van der Waals surface area contributed by atoms with Crippen LogP contribution in [0.4, 0.5) is 0 Å². The molecule has 1 aliphatic rings. The fourth-order valence-corrected chi connectivity index (χ4v) is 3.52. The smallest absolute Gasteiger partial charge is 0.251 e. The zero-order chi connectivity index (χ0) is 20.2. The van der Waals surface area contributed by atoms with Crippen molar-refractivity contribution >= 4 is 29.1 Å². The third-order valence-corrected chi connectivity index (χ3v) is 5.62. The van der Waals surface area contributed by atoms with Crippen molar-refractivity contribution in [3.63, 3.8) is 0 Å². The summed E-state index contributed by atoms with van der Waals surface area (Å²) in [6, 6.07) is 17.7. The van der Waals surface area contributed by atoms with Crippen LogP contribution in [0.3, 0.4) is 0 Å². The van der Waals surface area contributed by atoms with Crippen LogP contribution in [0.1, 0.15) is 40.1 Å². The summed E-state index contributed by atoms with van der Waals surface area (Å²) in [7, 11) is 0. The van der Waals surface area contributed by atoms with Crippen molar-refractivity contribution in [3.8, 4) is 0 Å². The van der Waals surface area contributed by atoms with Crippen molar-refractivity contribution in [2.75, 3.05) is 0 Å². The number of carbonyl (C=O) groups is 1. The van der Waals surface area contributed by atoms with E-state index in [2.05, 4.69) is 10.2 Å². The molecule has 0 unspecified atom stereocenters. The summed E-state index contributed by atoms with van der Waals surface area (Å²) in [6.45, 7) is 2.07. The van der Waals surface area contributed by atoms with Crippen molar-refractivity contribution in [1.29, 1.82) is 0 Å². The molecule has 4 rings (SSSR count). The zero-order valence-electron chi connectivity index (χ0n) is 15.9. The molecule has 1 amide bonds. The molecule has 150 valence electrons. The van der Waals surface area contributed by atoms with Gasteiger partial charge in [0.25, 0.3) is 5.91 Å². The van der Waals surface area contributed by atoms with E-state index in [9.17, 15) is 4.79 Å². The minimum absolute atomic E-state index is 0.00213. The van der Waals surface area contributed by atoms with Gasteiger partial charge in [0.05, 0.1) is 22.9 Å². The molecule has 0 saturated heterocycles. The van der Waals surface area contributed by atoms with Gasteiger partial charge in [-0.2, -0.15) is 0 Å². The Morgan fingerprint density at radius 2 is 1.69 bits per heavy atom. The highest BCUT2D eigenvalue weighted by molar-refractivity contribution is 6.42. The molecule has 0 spiro atoms. The number of carbonyl (C=O) groups excluding carboxylic acids is 1. The Balaban J connectivity index is 1.46. The Kier molecular flexibility index (Phi) is 6.24. The van der Waals surface area contributed by atoms with Gasteiger partial charge in [-0.25, -0.2) is 0 Å². The lowest BCUT2D eigenvalue weighted by atomic mass is 10.1. The standard InChI is InChI=1S/C23H22Cl2N2O2/c24-21-10-5-17(12-22(21)25)14-27(15-20-2-1-11-29-20)13-16-3-6-18(7-4-16)23(28)26-19-8-9-19/h1-7,10-12,19H,8-9,13-15H2,(H,26,28). The number of hydrogen-bond donors (Lipinski definition) is 1. The van der Waals surface area contributed by atoms with Crippen LogP contribution in [0.5, 0.6) is 0 Å². The Labute approximate surface area is 180 Å². The summed E-state index contributed by atoms with van der Waals surface area (Å²) in [5, 5.41) is 4.12. The quantitative estimate of drug-likeness (QED) is 0.501. The predicted octanol–water partition coefficient (Wildman–Crippen LogP) is 5.68. The summed E-state index contributed by atoms with van der Waals surface area (Å²) >= 11 is 12.2. The molecule has 0 radical (unpaired) electrons. The first-order valence-electron chi connectivity index (χ1n) is 9.65. The normalized spacial score (nSPS) is 13.6. The highest BCUT2D eigenvalue weighted by atomic mass is 35.5. The summed E-state index contributed by atoms with van der Waals surface area (Å²) in [4.78, 5) is 14.4. The van der Waals surface area contributed by atoms with Gasteiger partial charge < -0.3 is 9.73 Å². The molecule has 1 fully saturated rings. The molecular weight excluding hydrogens is 407 g/mol. The van der Waals surface area contributed by atoms with E-state index in [-0.39, 0.29) is 5.91 Å². The molecule has 0 aliphatic heterocycles. The van der Waals surface area contributed by atoms with Crippen LogP contribution in [0.15, 0.2) is 65.3 Å². The number of hydrogen-bond acceptors (Lipinski definition) is 3. The molecule has 1 aliphatic carbocycles. The number of amides is 1. The summed E-state index contributed by atoms with van der Waals surface area (Å²) < 4.78 is 5.53. The second kappa shape index (κ2) is 9.04. The fourth-order valence-electron chi connectivity index (χ4n) is 3.20. The Morgan fingerprint density at radius 3 is 2.34 bits per heavy atom. The topological polar surface area (TPSA) is 45.5 Å². The van der Waals surface area contributed by atoms with Crippen molar-refractivity contribution < 1.29 is 9.21 Å². The zero-order valence-corrected chi connectivity index (χ0v) is 17.4. The fraction of sp³-hybridized carbons (Fsp3) is 0.261. The maximum absolute atomic E-state index is 12.2. The lowest BCUT2D eigenvalue weighted by Crippen LogP contribution is -2.25. The number of nitrogens with zero attached hydrogens (tertiary/aromatic N) is 1. The van der Waals surface area contributed by atoms with E-state index in [0.717, 1.165) is 29.7 Å². The number of furan rings is 1. The maximum atomic E-state index is 12.2. The van der Waals surface area contributed by atoms with Gasteiger partial charge in [-0.05, 0) is 60.4 Å². The van der Waals surface area contributed by atoms with Gasteiger partial charge in [-0.15, -0.1) is 0 Å². The van der Waals surface area contributed by atoms with E-state index in [0.29, 0.717) is 41.3 Å². The van der Waals surface area contributed by atoms with Crippen molar-refractivity contribution in [2.24, 2.45) is 0 Å². The van der Waals surface area contributed by atoms with E-state index in [1.807, 2.05) is 54.6 Å². The molecule has 1 saturated carbocycles. The molecule has 29 heavy (non-hydrogen) atoms. The van der Waals surface area contributed by atoms with E-state index < -0.39 is 0 Å². The van der Waals surface area contributed by atoms with Gasteiger partial charge in [0, 0.05) is 24.7 Å². The van der Waals surface area contributed by atoms with E-state index in [1.165, 1.54) is 0 Å². The highest BCUT2D eigenvalue weighted by Crippen LogP contribution is 2.24. The first kappa shape index (κ1) is 20.0. The molecule has 6 heteroatoms. The van der Waals surface area contributed by atoms with Crippen molar-refractivity contribution in [3.05, 3.63) is 93.4 Å². The van der Waals surface area contributed by atoms with Gasteiger partial charge in [0.2, 0.25) is 0 Å². The molecule has 4 nitrogen and oxygen atoms in total. The Hall–Kier alpha value is -2.27. The lowest BCUT2D eigenvalue weighted by Gasteiger charge is -2.22. The van der Waals surface area contributed by atoms with Crippen LogP contribution in [0, 0.1) is 0 Å². The Bertz CT molecular complexity index is 967. The molecule has 1 heterocycles.